The van der Waals surface area contributed by atoms with E-state index in [0.29, 0.717) is 41.3 Å². The van der Waals surface area contributed by atoms with Crippen LogP contribution in [0.1, 0.15) is 30.7 Å². The van der Waals surface area contributed by atoms with Gasteiger partial charge in [-0.1, -0.05) is 6.07 Å². The smallest absolute Gasteiger partial charge is 0.231 e. The van der Waals surface area contributed by atoms with E-state index >= 15 is 0 Å². The molecule has 2 heterocycles. The summed E-state index contributed by atoms with van der Waals surface area (Å²) in [5.41, 5.74) is 9.99. The molecule has 0 saturated carbocycles. The molecule has 0 amide bonds. The summed E-state index contributed by atoms with van der Waals surface area (Å²) < 4.78 is 16.2. The minimum atomic E-state index is -0.531. The largest absolute Gasteiger partial charge is 0.497 e. The van der Waals surface area contributed by atoms with E-state index in [1.54, 1.807) is 7.11 Å². The fraction of sp³-hybridized carbons (Fsp3) is 0.250. The summed E-state index contributed by atoms with van der Waals surface area (Å²) in [6.07, 6.45) is 1.90. The van der Waals surface area contributed by atoms with Gasteiger partial charge in [0.1, 0.15) is 11.6 Å². The van der Waals surface area contributed by atoms with E-state index in [2.05, 4.69) is 6.07 Å². The zero-order valence-corrected chi connectivity index (χ0v) is 17.1. The molecule has 7 heteroatoms. The predicted octanol–water partition coefficient (Wildman–Crippen LogP) is 3.73. The van der Waals surface area contributed by atoms with Crippen LogP contribution in [0.3, 0.4) is 0 Å². The maximum atomic E-state index is 13.2. The van der Waals surface area contributed by atoms with Crippen LogP contribution in [-0.4, -0.2) is 19.7 Å². The van der Waals surface area contributed by atoms with Gasteiger partial charge in [-0.25, -0.2) is 0 Å². The Hall–Kier alpha value is -3.92. The number of fused-ring (bicyclic) bond motifs is 1. The van der Waals surface area contributed by atoms with E-state index < -0.39 is 5.92 Å². The Morgan fingerprint density at radius 2 is 1.90 bits per heavy atom. The van der Waals surface area contributed by atoms with Gasteiger partial charge in [-0.15, -0.1) is 0 Å². The Balaban J connectivity index is 1.69. The van der Waals surface area contributed by atoms with Gasteiger partial charge >= 0.3 is 0 Å². The maximum Gasteiger partial charge on any atom is 0.231 e. The van der Waals surface area contributed by atoms with Gasteiger partial charge in [0.25, 0.3) is 0 Å². The SMILES string of the molecule is COc1ccc(N2C(N)=C(C#N)C(c3ccc4c(c3)OCO4)C3=C2CCCC3=O)cc1. The van der Waals surface area contributed by atoms with Gasteiger partial charge in [0.2, 0.25) is 6.79 Å². The number of rotatable bonds is 3. The van der Waals surface area contributed by atoms with Crippen molar-refractivity contribution in [1.29, 1.82) is 5.26 Å². The number of anilines is 1. The highest BCUT2D eigenvalue weighted by molar-refractivity contribution is 6.01. The zero-order chi connectivity index (χ0) is 21.5. The van der Waals surface area contributed by atoms with Gasteiger partial charge in [0.15, 0.2) is 17.3 Å². The topological polar surface area (TPSA) is 97.8 Å². The van der Waals surface area contributed by atoms with Gasteiger partial charge < -0.3 is 19.9 Å². The average Bonchev–Trinajstić information content (AvgIpc) is 3.26. The second-order valence-electron chi connectivity index (χ2n) is 7.63. The van der Waals surface area contributed by atoms with E-state index in [9.17, 15) is 10.1 Å². The quantitative estimate of drug-likeness (QED) is 0.816. The standard InChI is InChI=1S/C24H21N3O4/c1-29-16-8-6-15(7-9-16)27-18-3-2-4-19(28)23(18)22(17(12-25)24(27)26)14-5-10-20-21(11-14)31-13-30-20/h5-11,22H,2-4,13,26H2,1H3. The van der Waals surface area contributed by atoms with E-state index in [1.807, 2.05) is 47.4 Å². The third-order valence-electron chi connectivity index (χ3n) is 5.97. The van der Waals surface area contributed by atoms with Crippen LogP contribution in [-0.2, 0) is 4.79 Å². The van der Waals surface area contributed by atoms with Crippen LogP contribution in [0.5, 0.6) is 17.2 Å². The van der Waals surface area contributed by atoms with Gasteiger partial charge in [-0.2, -0.15) is 5.26 Å². The molecule has 1 aliphatic carbocycles. The number of Topliss-reactive ketones (excluding diaryl/α,β-unsaturated/α-hetero) is 1. The third kappa shape index (κ3) is 2.99. The van der Waals surface area contributed by atoms with Crippen LogP contribution >= 0.6 is 0 Å². The number of nitriles is 1. The zero-order valence-electron chi connectivity index (χ0n) is 17.1. The van der Waals surface area contributed by atoms with Crippen molar-refractivity contribution in [2.45, 2.75) is 25.2 Å². The molecule has 0 bridgehead atoms. The molecular weight excluding hydrogens is 394 g/mol. The molecule has 5 rings (SSSR count). The molecule has 0 saturated heterocycles. The van der Waals surface area contributed by atoms with Crippen molar-refractivity contribution in [3.05, 3.63) is 70.7 Å². The van der Waals surface area contributed by atoms with Gasteiger partial charge in [0, 0.05) is 23.4 Å². The number of hydrogen-bond donors (Lipinski definition) is 1. The maximum absolute atomic E-state index is 13.2. The normalized spacial score (nSPS) is 19.9. The third-order valence-corrected chi connectivity index (χ3v) is 5.97. The van der Waals surface area contributed by atoms with Crippen LogP contribution in [0.15, 0.2) is 65.1 Å². The molecule has 1 unspecified atom stereocenters. The molecule has 0 radical (unpaired) electrons. The molecule has 2 aliphatic heterocycles. The predicted molar refractivity (Wildman–Crippen MR) is 113 cm³/mol. The fourth-order valence-electron chi connectivity index (χ4n) is 4.54. The molecule has 2 N–H and O–H groups in total. The molecule has 3 aliphatic rings. The van der Waals surface area contributed by atoms with Crippen molar-refractivity contribution in [1.82, 2.24) is 0 Å². The Kier molecular flexibility index (Phi) is 4.55. The number of nitrogens with two attached hydrogens (primary N) is 1. The lowest BCUT2D eigenvalue weighted by Gasteiger charge is -2.39. The molecule has 0 spiro atoms. The number of methoxy groups -OCH3 is 1. The first kappa shape index (κ1) is 19.1. The first-order valence-corrected chi connectivity index (χ1v) is 10.1. The molecule has 1 atom stereocenters. The highest BCUT2D eigenvalue weighted by Gasteiger charge is 2.40. The van der Waals surface area contributed by atoms with E-state index in [0.717, 1.165) is 29.1 Å². The second-order valence-corrected chi connectivity index (χ2v) is 7.63. The Morgan fingerprint density at radius 1 is 1.13 bits per heavy atom. The van der Waals surface area contributed by atoms with Crippen LogP contribution < -0.4 is 24.8 Å². The monoisotopic (exact) mass is 415 g/mol. The van der Waals surface area contributed by atoms with E-state index in [1.165, 1.54) is 0 Å². The minimum Gasteiger partial charge on any atom is -0.497 e. The second kappa shape index (κ2) is 7.40. The molecule has 2 aromatic rings. The highest BCUT2D eigenvalue weighted by Crippen LogP contribution is 2.47. The van der Waals surface area contributed by atoms with Crippen LogP contribution in [0.4, 0.5) is 5.69 Å². The molecule has 2 aromatic carbocycles. The summed E-state index contributed by atoms with van der Waals surface area (Å²) in [5.74, 6) is 1.83. The summed E-state index contributed by atoms with van der Waals surface area (Å²) in [4.78, 5) is 15.0. The first-order chi connectivity index (χ1) is 15.1. The number of carbonyl (C=O) groups is 1. The summed E-state index contributed by atoms with van der Waals surface area (Å²) in [5, 5.41) is 10.1. The number of nitrogens with zero attached hydrogens (tertiary/aromatic N) is 2. The lowest BCUT2D eigenvalue weighted by molar-refractivity contribution is -0.116. The summed E-state index contributed by atoms with van der Waals surface area (Å²) >= 11 is 0. The van der Waals surface area contributed by atoms with Crippen LogP contribution in [0.25, 0.3) is 0 Å². The molecule has 0 aromatic heterocycles. The van der Waals surface area contributed by atoms with Crippen molar-refractivity contribution < 1.29 is 19.0 Å². The number of ketones is 1. The van der Waals surface area contributed by atoms with Crippen LogP contribution in [0, 0.1) is 11.3 Å². The van der Waals surface area contributed by atoms with Crippen molar-refractivity contribution in [3.63, 3.8) is 0 Å². The first-order valence-electron chi connectivity index (χ1n) is 10.1. The van der Waals surface area contributed by atoms with Gasteiger partial charge in [-0.3, -0.25) is 9.69 Å². The van der Waals surface area contributed by atoms with Crippen molar-refractivity contribution >= 4 is 11.5 Å². The minimum absolute atomic E-state index is 0.0441. The number of allylic oxidation sites excluding steroid dienone is 3. The Labute approximate surface area is 179 Å². The molecular formula is C24H21N3O4. The number of hydrogen-bond acceptors (Lipinski definition) is 7. The van der Waals surface area contributed by atoms with E-state index in [4.69, 9.17) is 19.9 Å². The molecule has 7 nitrogen and oxygen atoms in total. The van der Waals surface area contributed by atoms with Crippen molar-refractivity contribution in [2.24, 2.45) is 5.73 Å². The number of benzene rings is 2. The molecule has 31 heavy (non-hydrogen) atoms. The number of ether oxygens (including phenoxy) is 3. The molecule has 156 valence electrons. The number of carbonyl (C=O) groups excluding carboxylic acids is 1. The average molecular weight is 415 g/mol. The van der Waals surface area contributed by atoms with E-state index in [-0.39, 0.29) is 12.6 Å². The molecule has 0 fully saturated rings. The van der Waals surface area contributed by atoms with Crippen LogP contribution in [0.2, 0.25) is 0 Å². The Morgan fingerprint density at radius 3 is 2.65 bits per heavy atom. The van der Waals surface area contributed by atoms with Crippen molar-refractivity contribution in [3.8, 4) is 23.3 Å². The lowest BCUT2D eigenvalue weighted by Crippen LogP contribution is -2.38. The Bertz CT molecular complexity index is 1170. The summed E-state index contributed by atoms with van der Waals surface area (Å²) in [6.45, 7) is 0.157. The fourth-order valence-corrected chi connectivity index (χ4v) is 4.54. The highest BCUT2D eigenvalue weighted by atomic mass is 16.7. The lowest BCUT2D eigenvalue weighted by atomic mass is 9.75. The van der Waals surface area contributed by atoms with Crippen molar-refractivity contribution in [2.75, 3.05) is 18.8 Å². The summed E-state index contributed by atoms with van der Waals surface area (Å²) in [6, 6.07) is 15.2. The van der Waals surface area contributed by atoms with Gasteiger partial charge in [-0.05, 0) is 54.8 Å². The van der Waals surface area contributed by atoms with Gasteiger partial charge in [0.05, 0.1) is 24.7 Å². The summed E-state index contributed by atoms with van der Waals surface area (Å²) in [7, 11) is 1.61.